The highest BCUT2D eigenvalue weighted by Gasteiger charge is 2.22. The maximum absolute atomic E-state index is 12.4. The van der Waals surface area contributed by atoms with Crippen LogP contribution in [0.2, 0.25) is 0 Å². The number of carbonyl (C=O) groups is 1. The first-order valence-electron chi connectivity index (χ1n) is 7.49. The van der Waals surface area contributed by atoms with Gasteiger partial charge in [0, 0.05) is 25.6 Å². The van der Waals surface area contributed by atoms with Crippen molar-refractivity contribution in [1.82, 2.24) is 20.1 Å². The van der Waals surface area contributed by atoms with E-state index in [1.165, 1.54) is 0 Å². The third kappa shape index (κ3) is 2.87. The number of nitrogens with zero attached hydrogens (tertiary/aromatic N) is 3. The van der Waals surface area contributed by atoms with E-state index in [0.29, 0.717) is 12.2 Å². The number of amides is 1. The molecule has 1 aromatic carbocycles. The van der Waals surface area contributed by atoms with E-state index >= 15 is 0 Å². The summed E-state index contributed by atoms with van der Waals surface area (Å²) in [6.07, 6.45) is 2.06. The molecule has 22 heavy (non-hydrogen) atoms. The molecule has 1 amide bonds. The Labute approximate surface area is 129 Å². The molecule has 1 aliphatic rings. The molecule has 0 radical (unpaired) electrons. The summed E-state index contributed by atoms with van der Waals surface area (Å²) in [6, 6.07) is 7.28. The van der Waals surface area contributed by atoms with Crippen molar-refractivity contribution in [3.8, 4) is 0 Å². The van der Waals surface area contributed by atoms with Crippen LogP contribution in [-0.2, 0) is 24.3 Å². The van der Waals surface area contributed by atoms with Crippen molar-refractivity contribution in [3.63, 3.8) is 0 Å². The van der Waals surface area contributed by atoms with E-state index in [9.17, 15) is 4.79 Å². The lowest BCUT2D eigenvalue weighted by molar-refractivity contribution is 0.0937. The average molecular weight is 300 g/mol. The molecule has 1 aliphatic heterocycles. The third-order valence-corrected chi connectivity index (χ3v) is 3.87. The molecule has 1 atom stereocenters. The maximum Gasteiger partial charge on any atom is 0.251 e. The van der Waals surface area contributed by atoms with Crippen LogP contribution in [0.15, 0.2) is 24.3 Å². The second-order valence-electron chi connectivity index (χ2n) is 5.56. The van der Waals surface area contributed by atoms with Crippen molar-refractivity contribution in [2.45, 2.75) is 39.0 Å². The summed E-state index contributed by atoms with van der Waals surface area (Å²) in [5, 5.41) is 11.4. The standard InChI is InChI=1S/C16H20N4O2/c1-11(15-19-18-14-7-4-8-20(14)15)17-16(21)13-6-3-5-12(9-13)10-22-2/h3,5-6,9,11H,4,7-8,10H2,1-2H3,(H,17,21). The van der Waals surface area contributed by atoms with Crippen LogP contribution in [0.5, 0.6) is 0 Å². The Morgan fingerprint density at radius 2 is 2.32 bits per heavy atom. The highest BCUT2D eigenvalue weighted by atomic mass is 16.5. The van der Waals surface area contributed by atoms with Gasteiger partial charge >= 0.3 is 0 Å². The summed E-state index contributed by atoms with van der Waals surface area (Å²) in [7, 11) is 1.64. The summed E-state index contributed by atoms with van der Waals surface area (Å²) in [5.41, 5.74) is 1.61. The Morgan fingerprint density at radius 1 is 1.45 bits per heavy atom. The van der Waals surface area contributed by atoms with Gasteiger partial charge in [-0.2, -0.15) is 0 Å². The summed E-state index contributed by atoms with van der Waals surface area (Å²) >= 11 is 0. The van der Waals surface area contributed by atoms with Gasteiger partial charge in [0.1, 0.15) is 5.82 Å². The van der Waals surface area contributed by atoms with Gasteiger partial charge in [-0.3, -0.25) is 4.79 Å². The molecule has 3 rings (SSSR count). The van der Waals surface area contributed by atoms with Gasteiger partial charge < -0.3 is 14.6 Å². The summed E-state index contributed by atoms with van der Waals surface area (Å²) in [5.74, 6) is 1.73. The quantitative estimate of drug-likeness (QED) is 0.915. The number of hydrogen-bond donors (Lipinski definition) is 1. The number of carbonyl (C=O) groups excluding carboxylic acids is 1. The van der Waals surface area contributed by atoms with Crippen molar-refractivity contribution in [3.05, 3.63) is 47.0 Å². The van der Waals surface area contributed by atoms with E-state index in [1.54, 1.807) is 13.2 Å². The van der Waals surface area contributed by atoms with Crippen molar-refractivity contribution in [2.75, 3.05) is 7.11 Å². The van der Waals surface area contributed by atoms with Crippen LogP contribution in [0.4, 0.5) is 0 Å². The van der Waals surface area contributed by atoms with E-state index in [0.717, 1.165) is 36.6 Å². The zero-order valence-electron chi connectivity index (χ0n) is 12.9. The van der Waals surface area contributed by atoms with Gasteiger partial charge in [-0.05, 0) is 31.0 Å². The van der Waals surface area contributed by atoms with Crippen molar-refractivity contribution in [1.29, 1.82) is 0 Å². The van der Waals surface area contributed by atoms with Crippen LogP contribution in [0.25, 0.3) is 0 Å². The molecule has 1 unspecified atom stereocenters. The predicted octanol–water partition coefficient (Wildman–Crippen LogP) is 1.86. The third-order valence-electron chi connectivity index (χ3n) is 3.87. The fourth-order valence-electron chi connectivity index (χ4n) is 2.81. The van der Waals surface area contributed by atoms with Gasteiger partial charge in [0.2, 0.25) is 0 Å². The highest BCUT2D eigenvalue weighted by molar-refractivity contribution is 5.94. The van der Waals surface area contributed by atoms with Gasteiger partial charge in [-0.15, -0.1) is 10.2 Å². The van der Waals surface area contributed by atoms with E-state index in [1.807, 2.05) is 25.1 Å². The molecule has 0 saturated heterocycles. The zero-order chi connectivity index (χ0) is 15.5. The molecule has 116 valence electrons. The number of fused-ring (bicyclic) bond motifs is 1. The van der Waals surface area contributed by atoms with Crippen LogP contribution in [0.3, 0.4) is 0 Å². The number of benzene rings is 1. The minimum Gasteiger partial charge on any atom is -0.380 e. The molecule has 1 N–H and O–H groups in total. The second-order valence-corrected chi connectivity index (χ2v) is 5.56. The first-order valence-corrected chi connectivity index (χ1v) is 7.49. The van der Waals surface area contributed by atoms with Gasteiger partial charge in [-0.1, -0.05) is 12.1 Å². The average Bonchev–Trinajstić information content (AvgIpc) is 3.10. The van der Waals surface area contributed by atoms with Crippen LogP contribution in [0, 0.1) is 0 Å². The summed E-state index contributed by atoms with van der Waals surface area (Å²) < 4.78 is 7.20. The first-order chi connectivity index (χ1) is 10.7. The summed E-state index contributed by atoms with van der Waals surface area (Å²) in [6.45, 7) is 3.36. The van der Waals surface area contributed by atoms with E-state index in [4.69, 9.17) is 4.74 Å². The highest BCUT2D eigenvalue weighted by Crippen LogP contribution is 2.19. The lowest BCUT2D eigenvalue weighted by Crippen LogP contribution is -2.28. The lowest BCUT2D eigenvalue weighted by atomic mass is 10.1. The molecule has 2 heterocycles. The molecule has 6 heteroatoms. The minimum absolute atomic E-state index is 0.110. The smallest absolute Gasteiger partial charge is 0.251 e. The number of aromatic nitrogens is 3. The normalized spacial score (nSPS) is 14.6. The van der Waals surface area contributed by atoms with Gasteiger partial charge in [0.05, 0.1) is 12.6 Å². The fraction of sp³-hybridized carbons (Fsp3) is 0.438. The number of methoxy groups -OCH3 is 1. The van der Waals surface area contributed by atoms with Gasteiger partial charge in [-0.25, -0.2) is 0 Å². The molecule has 1 aromatic heterocycles. The largest absolute Gasteiger partial charge is 0.380 e. The molecule has 0 spiro atoms. The Hall–Kier alpha value is -2.21. The number of hydrogen-bond acceptors (Lipinski definition) is 4. The van der Waals surface area contributed by atoms with Crippen LogP contribution >= 0.6 is 0 Å². The zero-order valence-corrected chi connectivity index (χ0v) is 12.9. The Morgan fingerprint density at radius 3 is 3.14 bits per heavy atom. The van der Waals surface area contributed by atoms with Gasteiger partial charge in [0.15, 0.2) is 5.82 Å². The Bertz CT molecular complexity index is 681. The molecule has 6 nitrogen and oxygen atoms in total. The monoisotopic (exact) mass is 300 g/mol. The molecule has 0 aliphatic carbocycles. The van der Waals surface area contributed by atoms with Crippen molar-refractivity contribution < 1.29 is 9.53 Å². The molecule has 0 saturated carbocycles. The van der Waals surface area contributed by atoms with Crippen molar-refractivity contribution >= 4 is 5.91 Å². The van der Waals surface area contributed by atoms with Gasteiger partial charge in [0.25, 0.3) is 5.91 Å². The predicted molar refractivity (Wildman–Crippen MR) is 81.4 cm³/mol. The second kappa shape index (κ2) is 6.27. The van der Waals surface area contributed by atoms with Crippen LogP contribution in [-0.4, -0.2) is 27.8 Å². The van der Waals surface area contributed by atoms with Crippen molar-refractivity contribution in [2.24, 2.45) is 0 Å². The summed E-state index contributed by atoms with van der Waals surface area (Å²) in [4.78, 5) is 12.4. The Kier molecular flexibility index (Phi) is 4.20. The fourth-order valence-corrected chi connectivity index (χ4v) is 2.81. The van der Waals surface area contributed by atoms with E-state index < -0.39 is 0 Å². The van der Waals surface area contributed by atoms with Crippen LogP contribution in [0.1, 0.15) is 47.0 Å². The molecule has 2 aromatic rings. The number of nitrogens with one attached hydrogen (secondary N) is 1. The topological polar surface area (TPSA) is 69.0 Å². The number of rotatable bonds is 5. The number of aryl methyl sites for hydroxylation is 1. The molecular weight excluding hydrogens is 280 g/mol. The Balaban J connectivity index is 1.72. The molecular formula is C16H20N4O2. The molecule has 0 bridgehead atoms. The number of ether oxygens (including phenoxy) is 1. The van der Waals surface area contributed by atoms with Crippen LogP contribution < -0.4 is 5.32 Å². The first kappa shape index (κ1) is 14.7. The maximum atomic E-state index is 12.4. The minimum atomic E-state index is -0.169. The van der Waals surface area contributed by atoms with E-state index in [-0.39, 0.29) is 11.9 Å². The molecule has 0 fully saturated rings. The lowest BCUT2D eigenvalue weighted by Gasteiger charge is -2.14. The SMILES string of the molecule is COCc1cccc(C(=O)NC(C)c2nnc3n2CCC3)c1. The van der Waals surface area contributed by atoms with E-state index in [2.05, 4.69) is 20.1 Å².